The molecule has 0 aliphatic carbocycles. The van der Waals surface area contributed by atoms with Gasteiger partial charge in [0, 0.05) is 17.8 Å². The van der Waals surface area contributed by atoms with E-state index in [1.165, 1.54) is 12.1 Å². The van der Waals surface area contributed by atoms with E-state index in [1.807, 2.05) is 13.8 Å². The van der Waals surface area contributed by atoms with E-state index < -0.39 is 10.0 Å². The molecule has 0 radical (unpaired) electrons. The van der Waals surface area contributed by atoms with Crippen molar-refractivity contribution in [2.45, 2.75) is 63.9 Å². The number of hydrogen-bond acceptors (Lipinski definition) is 5. The second-order valence-corrected chi connectivity index (χ2v) is 8.98. The number of aryl methyl sites for hydroxylation is 2. The van der Waals surface area contributed by atoms with E-state index in [2.05, 4.69) is 10.5 Å². The maximum atomic E-state index is 13.0. The number of piperidine rings is 1. The first-order chi connectivity index (χ1) is 12.7. The first kappa shape index (κ1) is 19.6. The summed E-state index contributed by atoms with van der Waals surface area (Å²) in [5.41, 5.74) is 1.42. The number of nitrogens with zero attached hydrogens (tertiary/aromatic N) is 2. The standard InChI is InChI=1S/C19H25N3O4S/c1-12-6-5-7-13(2)22(12)27(24,25)17-10-8-16(9-11-17)20-19(23)18-14(3)21-26-15(18)4/h8-13H,5-7H2,1-4H3,(H,20,23). The van der Waals surface area contributed by atoms with Gasteiger partial charge in [0.15, 0.2) is 0 Å². The topological polar surface area (TPSA) is 92.5 Å². The van der Waals surface area contributed by atoms with Gasteiger partial charge in [0.2, 0.25) is 10.0 Å². The highest BCUT2D eigenvalue weighted by Crippen LogP contribution is 2.30. The van der Waals surface area contributed by atoms with Crippen LogP contribution in [0, 0.1) is 13.8 Å². The molecule has 2 atom stereocenters. The molecule has 1 N–H and O–H groups in total. The Morgan fingerprint density at radius 1 is 1.15 bits per heavy atom. The summed E-state index contributed by atoms with van der Waals surface area (Å²) < 4.78 is 32.7. The maximum Gasteiger partial charge on any atom is 0.261 e. The maximum absolute atomic E-state index is 13.0. The molecule has 2 heterocycles. The number of carbonyl (C=O) groups excluding carboxylic acids is 1. The summed E-state index contributed by atoms with van der Waals surface area (Å²) in [6, 6.07) is 6.23. The molecule has 1 fully saturated rings. The fourth-order valence-corrected chi connectivity index (χ4v) is 5.59. The first-order valence-electron chi connectivity index (χ1n) is 9.09. The van der Waals surface area contributed by atoms with Crippen LogP contribution in [0.15, 0.2) is 33.7 Å². The molecule has 3 rings (SSSR count). The number of rotatable bonds is 4. The number of benzene rings is 1. The number of aromatic nitrogens is 1. The lowest BCUT2D eigenvalue weighted by atomic mass is 10.0. The molecule has 1 aromatic heterocycles. The molecule has 1 aromatic carbocycles. The molecule has 27 heavy (non-hydrogen) atoms. The average molecular weight is 391 g/mol. The molecule has 8 heteroatoms. The second-order valence-electron chi connectivity index (χ2n) is 7.14. The summed E-state index contributed by atoms with van der Waals surface area (Å²) in [6.07, 6.45) is 2.78. The van der Waals surface area contributed by atoms with Crippen LogP contribution in [-0.2, 0) is 10.0 Å². The number of amides is 1. The Kier molecular flexibility index (Phi) is 5.39. The summed E-state index contributed by atoms with van der Waals surface area (Å²) in [5.74, 6) is 0.109. The zero-order chi connectivity index (χ0) is 19.8. The molecule has 146 valence electrons. The van der Waals surface area contributed by atoms with Crippen molar-refractivity contribution < 1.29 is 17.7 Å². The van der Waals surface area contributed by atoms with E-state index in [0.29, 0.717) is 22.7 Å². The van der Waals surface area contributed by atoms with Crippen LogP contribution in [0.1, 0.15) is 54.9 Å². The van der Waals surface area contributed by atoms with Crippen LogP contribution >= 0.6 is 0 Å². The fourth-order valence-electron chi connectivity index (χ4n) is 3.70. The highest BCUT2D eigenvalue weighted by molar-refractivity contribution is 7.89. The molecule has 0 saturated carbocycles. The van der Waals surface area contributed by atoms with E-state index >= 15 is 0 Å². The van der Waals surface area contributed by atoms with Crippen LogP contribution in [0.4, 0.5) is 5.69 Å². The number of carbonyl (C=O) groups is 1. The van der Waals surface area contributed by atoms with Crippen molar-refractivity contribution in [2.75, 3.05) is 5.32 Å². The summed E-state index contributed by atoms with van der Waals surface area (Å²) in [4.78, 5) is 12.6. The second kappa shape index (κ2) is 7.44. The van der Waals surface area contributed by atoms with Gasteiger partial charge in [-0.25, -0.2) is 8.42 Å². The molecule has 1 amide bonds. The van der Waals surface area contributed by atoms with Crippen LogP contribution in [0.2, 0.25) is 0 Å². The van der Waals surface area contributed by atoms with Crippen molar-refractivity contribution in [3.05, 3.63) is 41.3 Å². The molecule has 2 unspecified atom stereocenters. The number of nitrogens with one attached hydrogen (secondary N) is 1. The van der Waals surface area contributed by atoms with Gasteiger partial charge < -0.3 is 9.84 Å². The summed E-state index contributed by atoms with van der Waals surface area (Å²) in [6.45, 7) is 7.27. The van der Waals surface area contributed by atoms with E-state index in [1.54, 1.807) is 30.3 Å². The Labute approximate surface area is 159 Å². The third-order valence-corrected chi connectivity index (χ3v) is 7.20. The van der Waals surface area contributed by atoms with Crippen molar-refractivity contribution in [1.29, 1.82) is 0 Å². The molecular formula is C19H25N3O4S. The highest BCUT2D eigenvalue weighted by Gasteiger charge is 2.35. The number of anilines is 1. The van der Waals surface area contributed by atoms with Gasteiger partial charge in [-0.2, -0.15) is 4.31 Å². The minimum atomic E-state index is -3.57. The summed E-state index contributed by atoms with van der Waals surface area (Å²) in [7, 11) is -3.57. The van der Waals surface area contributed by atoms with Crippen LogP contribution in [0.5, 0.6) is 0 Å². The predicted molar refractivity (Wildman–Crippen MR) is 102 cm³/mol. The summed E-state index contributed by atoms with van der Waals surface area (Å²) >= 11 is 0. The lowest BCUT2D eigenvalue weighted by molar-refractivity contribution is 0.102. The van der Waals surface area contributed by atoms with Gasteiger partial charge in [-0.1, -0.05) is 11.6 Å². The lowest BCUT2D eigenvalue weighted by Gasteiger charge is -2.37. The van der Waals surface area contributed by atoms with Crippen LogP contribution < -0.4 is 5.32 Å². The van der Waals surface area contributed by atoms with Crippen LogP contribution in [0.3, 0.4) is 0 Å². The van der Waals surface area contributed by atoms with Crippen molar-refractivity contribution >= 4 is 21.6 Å². The van der Waals surface area contributed by atoms with Crippen molar-refractivity contribution in [3.8, 4) is 0 Å². The molecular weight excluding hydrogens is 366 g/mol. The van der Waals surface area contributed by atoms with E-state index in [4.69, 9.17) is 4.52 Å². The van der Waals surface area contributed by atoms with Gasteiger partial charge in [0.05, 0.1) is 10.6 Å². The molecule has 0 bridgehead atoms. The minimum absolute atomic E-state index is 0.0160. The monoisotopic (exact) mass is 391 g/mol. The third-order valence-electron chi connectivity index (χ3n) is 5.06. The van der Waals surface area contributed by atoms with Gasteiger partial charge in [-0.05, 0) is 64.8 Å². The lowest BCUT2D eigenvalue weighted by Crippen LogP contribution is -2.47. The zero-order valence-electron chi connectivity index (χ0n) is 16.0. The third kappa shape index (κ3) is 3.77. The summed E-state index contributed by atoms with van der Waals surface area (Å²) in [5, 5.41) is 6.52. The van der Waals surface area contributed by atoms with E-state index in [9.17, 15) is 13.2 Å². The van der Waals surface area contributed by atoms with Gasteiger partial charge in [-0.3, -0.25) is 4.79 Å². The van der Waals surface area contributed by atoms with E-state index in [0.717, 1.165) is 19.3 Å². The normalized spacial score (nSPS) is 21.2. The molecule has 1 aliphatic rings. The molecule has 7 nitrogen and oxygen atoms in total. The van der Waals surface area contributed by atoms with Gasteiger partial charge in [-0.15, -0.1) is 0 Å². The largest absolute Gasteiger partial charge is 0.361 e. The Bertz CT molecular complexity index is 905. The molecule has 2 aromatic rings. The SMILES string of the molecule is Cc1noc(C)c1C(=O)Nc1ccc(S(=O)(=O)N2C(C)CCCC2C)cc1. The van der Waals surface area contributed by atoms with E-state index in [-0.39, 0.29) is 22.9 Å². The van der Waals surface area contributed by atoms with Crippen LogP contribution in [-0.4, -0.2) is 35.9 Å². The number of sulfonamides is 1. The van der Waals surface area contributed by atoms with Crippen molar-refractivity contribution in [3.63, 3.8) is 0 Å². The van der Waals surface area contributed by atoms with Gasteiger partial charge >= 0.3 is 0 Å². The molecule has 0 spiro atoms. The van der Waals surface area contributed by atoms with Crippen LogP contribution in [0.25, 0.3) is 0 Å². The van der Waals surface area contributed by atoms with Gasteiger partial charge in [0.1, 0.15) is 11.3 Å². The predicted octanol–water partition coefficient (Wildman–Crippen LogP) is 3.50. The molecule has 1 saturated heterocycles. The smallest absolute Gasteiger partial charge is 0.261 e. The quantitative estimate of drug-likeness (QED) is 0.861. The molecule has 1 aliphatic heterocycles. The Morgan fingerprint density at radius 3 is 2.26 bits per heavy atom. The Morgan fingerprint density at radius 2 is 1.74 bits per heavy atom. The highest BCUT2D eigenvalue weighted by atomic mass is 32.2. The van der Waals surface area contributed by atoms with Gasteiger partial charge in [0.25, 0.3) is 5.91 Å². The zero-order valence-corrected chi connectivity index (χ0v) is 16.8. The Balaban J connectivity index is 1.80. The Hall–Kier alpha value is -2.19. The van der Waals surface area contributed by atoms with Crippen molar-refractivity contribution in [2.24, 2.45) is 0 Å². The number of hydrogen-bond donors (Lipinski definition) is 1. The minimum Gasteiger partial charge on any atom is -0.361 e. The van der Waals surface area contributed by atoms with Crippen molar-refractivity contribution in [1.82, 2.24) is 9.46 Å². The first-order valence-corrected chi connectivity index (χ1v) is 10.5. The average Bonchev–Trinajstić information content (AvgIpc) is 2.93. The fraction of sp³-hybridized carbons (Fsp3) is 0.474.